The third-order valence-electron chi connectivity index (χ3n) is 4.16. The molecule has 4 heteroatoms. The number of carbonyl (C=O) groups is 2. The second-order valence-electron chi connectivity index (χ2n) is 6.65. The molecule has 2 fully saturated rings. The van der Waals surface area contributed by atoms with Gasteiger partial charge in [0.05, 0.1) is 0 Å². The molecule has 1 aliphatic heterocycles. The van der Waals surface area contributed by atoms with E-state index in [-0.39, 0.29) is 17.4 Å². The SMILES string of the molecule is CC(C)(C)OC(=O)N1CCCC2(CCC2C=O)C1. The maximum absolute atomic E-state index is 12.1. The van der Waals surface area contributed by atoms with Gasteiger partial charge in [0, 0.05) is 19.0 Å². The molecule has 1 saturated heterocycles. The molecule has 1 saturated carbocycles. The van der Waals surface area contributed by atoms with E-state index < -0.39 is 5.60 Å². The molecule has 0 radical (unpaired) electrons. The zero-order chi connectivity index (χ0) is 13.4. The lowest BCUT2D eigenvalue weighted by Crippen LogP contribution is -2.55. The molecule has 1 aliphatic carbocycles. The van der Waals surface area contributed by atoms with Crippen molar-refractivity contribution in [1.29, 1.82) is 0 Å². The van der Waals surface area contributed by atoms with Gasteiger partial charge >= 0.3 is 6.09 Å². The van der Waals surface area contributed by atoms with E-state index in [9.17, 15) is 9.59 Å². The van der Waals surface area contributed by atoms with Gasteiger partial charge in [-0.25, -0.2) is 4.79 Å². The van der Waals surface area contributed by atoms with Crippen LogP contribution < -0.4 is 0 Å². The van der Waals surface area contributed by atoms with E-state index in [0.717, 1.165) is 38.5 Å². The van der Waals surface area contributed by atoms with Gasteiger partial charge in [0.2, 0.25) is 0 Å². The minimum atomic E-state index is -0.453. The van der Waals surface area contributed by atoms with Gasteiger partial charge in [0.15, 0.2) is 0 Å². The van der Waals surface area contributed by atoms with Crippen molar-refractivity contribution in [2.24, 2.45) is 11.3 Å². The van der Waals surface area contributed by atoms with Crippen LogP contribution in [-0.4, -0.2) is 36.0 Å². The maximum atomic E-state index is 12.1. The summed E-state index contributed by atoms with van der Waals surface area (Å²) >= 11 is 0. The molecular weight excluding hydrogens is 230 g/mol. The van der Waals surface area contributed by atoms with Crippen LogP contribution in [0.1, 0.15) is 46.5 Å². The van der Waals surface area contributed by atoms with E-state index in [1.807, 2.05) is 20.8 Å². The van der Waals surface area contributed by atoms with Crippen molar-refractivity contribution in [3.05, 3.63) is 0 Å². The first-order valence-electron chi connectivity index (χ1n) is 6.80. The number of hydrogen-bond acceptors (Lipinski definition) is 3. The molecule has 0 aromatic heterocycles. The molecule has 1 amide bonds. The highest BCUT2D eigenvalue weighted by molar-refractivity contribution is 5.68. The molecule has 2 rings (SSSR count). The van der Waals surface area contributed by atoms with Crippen LogP contribution in [0.25, 0.3) is 0 Å². The lowest BCUT2D eigenvalue weighted by molar-refractivity contribution is -0.125. The second-order valence-corrected chi connectivity index (χ2v) is 6.65. The summed E-state index contributed by atoms with van der Waals surface area (Å²) < 4.78 is 5.41. The first-order valence-corrected chi connectivity index (χ1v) is 6.80. The Morgan fingerprint density at radius 2 is 2.11 bits per heavy atom. The van der Waals surface area contributed by atoms with Crippen molar-refractivity contribution in [3.8, 4) is 0 Å². The largest absolute Gasteiger partial charge is 0.444 e. The van der Waals surface area contributed by atoms with E-state index in [4.69, 9.17) is 4.74 Å². The lowest BCUT2D eigenvalue weighted by Gasteiger charge is -2.52. The number of hydrogen-bond donors (Lipinski definition) is 0. The smallest absolute Gasteiger partial charge is 0.410 e. The molecule has 0 N–H and O–H groups in total. The van der Waals surface area contributed by atoms with Crippen molar-refractivity contribution in [1.82, 2.24) is 4.90 Å². The van der Waals surface area contributed by atoms with Gasteiger partial charge in [-0.15, -0.1) is 0 Å². The highest BCUT2D eigenvalue weighted by Crippen LogP contribution is 2.51. The zero-order valence-electron chi connectivity index (χ0n) is 11.6. The number of aldehydes is 1. The van der Waals surface area contributed by atoms with Crippen LogP contribution in [0.2, 0.25) is 0 Å². The number of ether oxygens (including phenoxy) is 1. The van der Waals surface area contributed by atoms with Crippen molar-refractivity contribution in [3.63, 3.8) is 0 Å². The minimum Gasteiger partial charge on any atom is -0.444 e. The fourth-order valence-corrected chi connectivity index (χ4v) is 3.08. The number of amides is 1. The van der Waals surface area contributed by atoms with Gasteiger partial charge < -0.3 is 14.4 Å². The normalized spacial score (nSPS) is 31.9. The molecule has 0 aromatic rings. The predicted molar refractivity (Wildman–Crippen MR) is 68.3 cm³/mol. The Labute approximate surface area is 109 Å². The Bertz CT molecular complexity index is 347. The van der Waals surface area contributed by atoms with Crippen LogP contribution in [0.4, 0.5) is 4.79 Å². The van der Waals surface area contributed by atoms with Gasteiger partial charge in [-0.1, -0.05) is 0 Å². The minimum absolute atomic E-state index is 0.0525. The summed E-state index contributed by atoms with van der Waals surface area (Å²) in [6.07, 6.45) is 4.92. The highest BCUT2D eigenvalue weighted by Gasteiger charge is 2.49. The zero-order valence-corrected chi connectivity index (χ0v) is 11.6. The average Bonchev–Trinajstić information content (AvgIpc) is 2.26. The van der Waals surface area contributed by atoms with Crippen LogP contribution >= 0.6 is 0 Å². The molecule has 1 heterocycles. The topological polar surface area (TPSA) is 46.6 Å². The van der Waals surface area contributed by atoms with E-state index in [1.54, 1.807) is 4.90 Å². The standard InChI is InChI=1S/C14H23NO3/c1-13(2,3)18-12(17)15-8-4-6-14(10-15)7-5-11(14)9-16/h9,11H,4-8,10H2,1-3H3. The summed E-state index contributed by atoms with van der Waals surface area (Å²) in [5, 5.41) is 0. The van der Waals surface area contributed by atoms with Crippen LogP contribution in [0.15, 0.2) is 0 Å². The van der Waals surface area contributed by atoms with E-state index in [1.165, 1.54) is 0 Å². The van der Waals surface area contributed by atoms with Gasteiger partial charge in [-0.05, 0) is 51.9 Å². The van der Waals surface area contributed by atoms with Crippen molar-refractivity contribution >= 4 is 12.4 Å². The van der Waals surface area contributed by atoms with Gasteiger partial charge in [0.1, 0.15) is 11.9 Å². The Morgan fingerprint density at radius 3 is 2.61 bits per heavy atom. The van der Waals surface area contributed by atoms with Crippen LogP contribution in [0.5, 0.6) is 0 Å². The molecule has 4 nitrogen and oxygen atoms in total. The number of rotatable bonds is 1. The Morgan fingerprint density at radius 1 is 1.39 bits per heavy atom. The quantitative estimate of drug-likeness (QED) is 0.675. The van der Waals surface area contributed by atoms with Gasteiger partial charge in [0.25, 0.3) is 0 Å². The monoisotopic (exact) mass is 253 g/mol. The number of nitrogens with zero attached hydrogens (tertiary/aromatic N) is 1. The fraction of sp³-hybridized carbons (Fsp3) is 0.857. The third-order valence-corrected chi connectivity index (χ3v) is 4.16. The van der Waals surface area contributed by atoms with E-state index in [2.05, 4.69) is 0 Å². The Hall–Kier alpha value is -1.06. The first-order chi connectivity index (χ1) is 8.36. The molecule has 2 unspecified atom stereocenters. The fourth-order valence-electron chi connectivity index (χ4n) is 3.08. The number of likely N-dealkylation sites (tertiary alicyclic amines) is 1. The molecule has 0 aromatic carbocycles. The summed E-state index contributed by atoms with van der Waals surface area (Å²) in [4.78, 5) is 24.9. The van der Waals surface area contributed by atoms with Crippen molar-refractivity contribution in [2.45, 2.75) is 52.1 Å². The van der Waals surface area contributed by atoms with Crippen LogP contribution in [0.3, 0.4) is 0 Å². The lowest BCUT2D eigenvalue weighted by atomic mass is 9.57. The second kappa shape index (κ2) is 4.56. The molecule has 1 spiro atoms. The van der Waals surface area contributed by atoms with Gasteiger partial charge in [-0.2, -0.15) is 0 Å². The van der Waals surface area contributed by atoms with Crippen molar-refractivity contribution < 1.29 is 14.3 Å². The van der Waals surface area contributed by atoms with Crippen molar-refractivity contribution in [2.75, 3.05) is 13.1 Å². The van der Waals surface area contributed by atoms with Crippen LogP contribution in [0, 0.1) is 11.3 Å². The summed E-state index contributed by atoms with van der Waals surface area (Å²) in [5.74, 6) is 0.141. The maximum Gasteiger partial charge on any atom is 0.410 e. The van der Waals surface area contributed by atoms with E-state index >= 15 is 0 Å². The molecule has 2 atom stereocenters. The van der Waals surface area contributed by atoms with Crippen LogP contribution in [-0.2, 0) is 9.53 Å². The predicted octanol–water partition coefficient (Wildman–Crippen LogP) is 2.61. The highest BCUT2D eigenvalue weighted by atomic mass is 16.6. The molecule has 0 bridgehead atoms. The average molecular weight is 253 g/mol. The third kappa shape index (κ3) is 2.52. The summed E-state index contributed by atoms with van der Waals surface area (Å²) in [7, 11) is 0. The Kier molecular flexibility index (Phi) is 3.39. The summed E-state index contributed by atoms with van der Waals surface area (Å²) in [5.41, 5.74) is -0.401. The molecule has 18 heavy (non-hydrogen) atoms. The first kappa shape index (κ1) is 13.4. The molecular formula is C14H23NO3. The summed E-state index contributed by atoms with van der Waals surface area (Å²) in [6.45, 7) is 7.07. The summed E-state index contributed by atoms with van der Waals surface area (Å²) in [6, 6.07) is 0. The molecule has 102 valence electrons. The van der Waals surface area contributed by atoms with Gasteiger partial charge in [-0.3, -0.25) is 0 Å². The van der Waals surface area contributed by atoms with E-state index in [0.29, 0.717) is 6.54 Å². The Balaban J connectivity index is 1.99. The molecule has 2 aliphatic rings. The number of piperidine rings is 1. The number of carbonyl (C=O) groups excluding carboxylic acids is 2.